The number of benzene rings is 1. The monoisotopic (exact) mass is 303 g/mol. The second-order valence-corrected chi connectivity index (χ2v) is 6.17. The van der Waals surface area contributed by atoms with Crippen LogP contribution in [0.1, 0.15) is 13.3 Å². The van der Waals surface area contributed by atoms with E-state index in [1.165, 1.54) is 0 Å². The molecule has 108 valence electrons. The Morgan fingerprint density at radius 1 is 1.47 bits per heavy atom. The molecule has 1 aromatic rings. The average Bonchev–Trinajstić information content (AvgIpc) is 2.41. The average molecular weight is 304 g/mol. The molecule has 0 aromatic heterocycles. The summed E-state index contributed by atoms with van der Waals surface area (Å²) in [5.41, 5.74) is 0. The largest absolute Gasteiger partial charge is 0.491 e. The summed E-state index contributed by atoms with van der Waals surface area (Å²) >= 11 is 7.70. The second-order valence-electron chi connectivity index (χ2n) is 4.46. The SMILES string of the molecule is CSC(C)CCNCC(O)COc1cccc(Cl)c1. The highest BCUT2D eigenvalue weighted by Gasteiger charge is 2.06. The molecule has 1 rings (SSSR count). The lowest BCUT2D eigenvalue weighted by molar-refractivity contribution is 0.106. The van der Waals surface area contributed by atoms with E-state index in [1.54, 1.807) is 12.1 Å². The Balaban J connectivity index is 2.12. The molecular formula is C14H22ClNO2S. The van der Waals surface area contributed by atoms with E-state index in [0.29, 0.717) is 22.6 Å². The lowest BCUT2D eigenvalue weighted by atomic mass is 10.3. The van der Waals surface area contributed by atoms with Crippen LogP contribution < -0.4 is 10.1 Å². The normalized spacial score (nSPS) is 14.1. The van der Waals surface area contributed by atoms with Gasteiger partial charge < -0.3 is 15.2 Å². The van der Waals surface area contributed by atoms with Crippen LogP contribution in [0.3, 0.4) is 0 Å². The van der Waals surface area contributed by atoms with Gasteiger partial charge >= 0.3 is 0 Å². The summed E-state index contributed by atoms with van der Waals surface area (Å²) in [4.78, 5) is 0. The van der Waals surface area contributed by atoms with Crippen LogP contribution in [0.2, 0.25) is 5.02 Å². The molecule has 2 unspecified atom stereocenters. The Hall–Kier alpha value is -0.420. The van der Waals surface area contributed by atoms with Gasteiger partial charge in [0.05, 0.1) is 0 Å². The first-order valence-corrected chi connectivity index (χ1v) is 8.08. The first kappa shape index (κ1) is 16.6. The molecule has 2 N–H and O–H groups in total. The molecule has 0 heterocycles. The predicted molar refractivity (Wildman–Crippen MR) is 83.4 cm³/mol. The first-order chi connectivity index (χ1) is 9.11. The van der Waals surface area contributed by atoms with Crippen molar-refractivity contribution in [1.29, 1.82) is 0 Å². The third-order valence-electron chi connectivity index (χ3n) is 2.75. The summed E-state index contributed by atoms with van der Waals surface area (Å²) in [5.74, 6) is 0.683. The fourth-order valence-corrected chi connectivity index (χ4v) is 2.03. The van der Waals surface area contributed by atoms with E-state index >= 15 is 0 Å². The fourth-order valence-electron chi connectivity index (χ4n) is 1.50. The van der Waals surface area contributed by atoms with Crippen LogP contribution in [-0.2, 0) is 0 Å². The van der Waals surface area contributed by atoms with Gasteiger partial charge in [-0.25, -0.2) is 0 Å². The molecule has 0 radical (unpaired) electrons. The van der Waals surface area contributed by atoms with E-state index in [9.17, 15) is 5.11 Å². The molecule has 0 aliphatic rings. The number of halogens is 1. The van der Waals surface area contributed by atoms with E-state index in [2.05, 4.69) is 18.5 Å². The maximum absolute atomic E-state index is 9.78. The number of thioether (sulfide) groups is 1. The van der Waals surface area contributed by atoms with E-state index in [1.807, 2.05) is 23.9 Å². The van der Waals surface area contributed by atoms with Crippen molar-refractivity contribution in [3.05, 3.63) is 29.3 Å². The van der Waals surface area contributed by atoms with Gasteiger partial charge in [-0.3, -0.25) is 0 Å². The van der Waals surface area contributed by atoms with Crippen molar-refractivity contribution in [1.82, 2.24) is 5.32 Å². The van der Waals surface area contributed by atoms with Crippen molar-refractivity contribution >= 4 is 23.4 Å². The third-order valence-corrected chi connectivity index (χ3v) is 4.02. The van der Waals surface area contributed by atoms with Gasteiger partial charge in [0.15, 0.2) is 0 Å². The number of ether oxygens (including phenoxy) is 1. The number of nitrogens with one attached hydrogen (secondary N) is 1. The van der Waals surface area contributed by atoms with Gasteiger partial charge in [-0.1, -0.05) is 24.6 Å². The molecule has 0 saturated heterocycles. The highest BCUT2D eigenvalue weighted by atomic mass is 35.5. The lowest BCUT2D eigenvalue weighted by Crippen LogP contribution is -2.32. The van der Waals surface area contributed by atoms with Crippen LogP contribution in [0.25, 0.3) is 0 Å². The molecule has 5 heteroatoms. The van der Waals surface area contributed by atoms with E-state index in [0.717, 1.165) is 13.0 Å². The summed E-state index contributed by atoms with van der Waals surface area (Å²) < 4.78 is 5.47. The van der Waals surface area contributed by atoms with E-state index in [-0.39, 0.29) is 6.61 Å². The Kier molecular flexibility index (Phi) is 8.30. The summed E-state index contributed by atoms with van der Waals surface area (Å²) in [7, 11) is 0. The van der Waals surface area contributed by atoms with E-state index < -0.39 is 6.10 Å². The van der Waals surface area contributed by atoms with Crippen molar-refractivity contribution in [3.63, 3.8) is 0 Å². The lowest BCUT2D eigenvalue weighted by Gasteiger charge is -2.14. The minimum Gasteiger partial charge on any atom is -0.491 e. The highest BCUT2D eigenvalue weighted by Crippen LogP contribution is 2.17. The predicted octanol–water partition coefficient (Wildman–Crippen LogP) is 2.81. The van der Waals surface area contributed by atoms with Crippen LogP contribution >= 0.6 is 23.4 Å². The summed E-state index contributed by atoms with van der Waals surface area (Å²) in [6.07, 6.45) is 2.70. The van der Waals surface area contributed by atoms with Crippen molar-refractivity contribution in [2.45, 2.75) is 24.7 Å². The Morgan fingerprint density at radius 3 is 2.95 bits per heavy atom. The Bertz CT molecular complexity index is 365. The quantitative estimate of drug-likeness (QED) is 0.688. The fraction of sp³-hybridized carbons (Fsp3) is 0.571. The molecule has 3 nitrogen and oxygen atoms in total. The molecular weight excluding hydrogens is 282 g/mol. The highest BCUT2D eigenvalue weighted by molar-refractivity contribution is 7.99. The van der Waals surface area contributed by atoms with Gasteiger partial charge in [-0.2, -0.15) is 11.8 Å². The molecule has 0 saturated carbocycles. The summed E-state index contributed by atoms with van der Waals surface area (Å²) in [6.45, 7) is 3.92. The maximum Gasteiger partial charge on any atom is 0.120 e. The van der Waals surface area contributed by atoms with Crippen molar-refractivity contribution < 1.29 is 9.84 Å². The minimum absolute atomic E-state index is 0.269. The molecule has 0 amide bonds. The molecule has 0 aliphatic carbocycles. The van der Waals surface area contributed by atoms with Crippen LogP contribution in [0.4, 0.5) is 0 Å². The number of hydrogen-bond acceptors (Lipinski definition) is 4. The van der Waals surface area contributed by atoms with Crippen LogP contribution in [0.15, 0.2) is 24.3 Å². The topological polar surface area (TPSA) is 41.5 Å². The molecule has 0 fully saturated rings. The molecule has 2 atom stereocenters. The molecule has 0 spiro atoms. The summed E-state index contributed by atoms with van der Waals surface area (Å²) in [5, 5.41) is 14.3. The van der Waals surface area contributed by atoms with Gasteiger partial charge in [-0.15, -0.1) is 0 Å². The zero-order valence-corrected chi connectivity index (χ0v) is 13.0. The second kappa shape index (κ2) is 9.48. The molecule has 19 heavy (non-hydrogen) atoms. The zero-order valence-electron chi connectivity index (χ0n) is 11.4. The van der Waals surface area contributed by atoms with Crippen molar-refractivity contribution in [2.24, 2.45) is 0 Å². The van der Waals surface area contributed by atoms with Gasteiger partial charge in [0.2, 0.25) is 0 Å². The van der Waals surface area contributed by atoms with Gasteiger partial charge in [-0.05, 0) is 37.4 Å². The Morgan fingerprint density at radius 2 is 2.26 bits per heavy atom. The standard InChI is InChI=1S/C14H22ClNO2S/c1-11(19-2)6-7-16-9-13(17)10-18-14-5-3-4-12(15)8-14/h3-5,8,11,13,16-17H,6-7,9-10H2,1-2H3. The van der Waals surface area contributed by atoms with Gasteiger partial charge in [0.1, 0.15) is 18.5 Å². The molecule has 1 aromatic carbocycles. The van der Waals surface area contributed by atoms with Gasteiger partial charge in [0, 0.05) is 16.8 Å². The first-order valence-electron chi connectivity index (χ1n) is 6.41. The number of hydrogen-bond donors (Lipinski definition) is 2. The number of aliphatic hydroxyl groups is 1. The minimum atomic E-state index is -0.511. The molecule has 0 bridgehead atoms. The smallest absolute Gasteiger partial charge is 0.120 e. The van der Waals surface area contributed by atoms with Crippen molar-refractivity contribution in [3.8, 4) is 5.75 Å². The number of rotatable bonds is 9. The Labute approximate surface area is 124 Å². The zero-order chi connectivity index (χ0) is 14.1. The van der Waals surface area contributed by atoms with Crippen LogP contribution in [0.5, 0.6) is 5.75 Å². The summed E-state index contributed by atoms with van der Waals surface area (Å²) in [6, 6.07) is 7.18. The van der Waals surface area contributed by atoms with Crippen LogP contribution in [-0.4, -0.2) is 42.4 Å². The molecule has 0 aliphatic heterocycles. The number of aliphatic hydroxyl groups excluding tert-OH is 1. The van der Waals surface area contributed by atoms with Gasteiger partial charge in [0.25, 0.3) is 0 Å². The van der Waals surface area contributed by atoms with E-state index in [4.69, 9.17) is 16.3 Å². The maximum atomic E-state index is 9.78. The van der Waals surface area contributed by atoms with Crippen LogP contribution in [0, 0.1) is 0 Å². The van der Waals surface area contributed by atoms with Crippen molar-refractivity contribution in [2.75, 3.05) is 26.0 Å². The third kappa shape index (κ3) is 7.67.